The van der Waals surface area contributed by atoms with Crippen LogP contribution in [-0.2, 0) is 13.2 Å². The maximum atomic E-state index is 9.30. The molecule has 7 heteroatoms. The number of nitrogen functional groups attached to an aromatic ring is 1. The summed E-state index contributed by atoms with van der Waals surface area (Å²) in [6, 6.07) is 7.40. The molecule has 0 aliphatic rings. The van der Waals surface area contributed by atoms with Gasteiger partial charge < -0.3 is 20.1 Å². The fourth-order valence-electron chi connectivity index (χ4n) is 2.45. The third-order valence-electron chi connectivity index (χ3n) is 3.45. The zero-order valence-electron chi connectivity index (χ0n) is 12.0. The van der Waals surface area contributed by atoms with Gasteiger partial charge >= 0.3 is 0 Å². The molecule has 0 bridgehead atoms. The van der Waals surface area contributed by atoms with E-state index in [1.54, 1.807) is 7.11 Å². The average molecular weight is 319 g/mol. The molecular weight excluding hydrogens is 304 g/mol. The van der Waals surface area contributed by atoms with Gasteiger partial charge in [0.05, 0.1) is 25.8 Å². The van der Waals surface area contributed by atoms with Gasteiger partial charge in [0.15, 0.2) is 5.15 Å². The van der Waals surface area contributed by atoms with Gasteiger partial charge in [0, 0.05) is 11.8 Å². The van der Waals surface area contributed by atoms with Gasteiger partial charge in [-0.3, -0.25) is 0 Å². The molecule has 0 aliphatic carbocycles. The quantitative estimate of drug-likeness (QED) is 0.720. The van der Waals surface area contributed by atoms with Crippen LogP contribution in [0.15, 0.2) is 30.5 Å². The summed E-state index contributed by atoms with van der Waals surface area (Å²) in [4.78, 5) is 8.16. The number of anilines is 1. The fourth-order valence-corrected chi connectivity index (χ4v) is 2.74. The number of hydrogen-bond acceptors (Lipinski definition) is 5. The third kappa shape index (κ3) is 2.58. The Kier molecular flexibility index (Phi) is 3.87. The standard InChI is InChI=1S/C15H15ClN4O2/c1-22-12-3-2-9(8-21)6-10(12)7-20-5-4-11-13(20)14(16)19-15(17)18-11/h2-6,21H,7-8H2,1H3,(H2,17,18,19). The van der Waals surface area contributed by atoms with Crippen molar-refractivity contribution in [1.29, 1.82) is 0 Å². The SMILES string of the molecule is COc1ccc(CO)cc1Cn1ccc2nc(N)nc(Cl)c21. The number of nitrogens with two attached hydrogens (primary N) is 1. The second kappa shape index (κ2) is 5.82. The first kappa shape index (κ1) is 14.6. The summed E-state index contributed by atoms with van der Waals surface area (Å²) in [5.74, 6) is 0.890. The number of benzene rings is 1. The van der Waals surface area contributed by atoms with Gasteiger partial charge in [-0.15, -0.1) is 0 Å². The molecule has 2 aromatic heterocycles. The summed E-state index contributed by atoms with van der Waals surface area (Å²) in [7, 11) is 1.61. The molecule has 2 heterocycles. The predicted molar refractivity (Wildman–Crippen MR) is 85.0 cm³/mol. The van der Waals surface area contributed by atoms with Crippen LogP contribution >= 0.6 is 11.6 Å². The summed E-state index contributed by atoms with van der Waals surface area (Å²) in [6.45, 7) is 0.497. The van der Waals surface area contributed by atoms with Crippen molar-refractivity contribution in [2.45, 2.75) is 13.2 Å². The van der Waals surface area contributed by atoms with Crippen molar-refractivity contribution >= 4 is 28.6 Å². The maximum Gasteiger partial charge on any atom is 0.222 e. The lowest BCUT2D eigenvalue weighted by Gasteiger charge is -2.12. The van der Waals surface area contributed by atoms with Crippen molar-refractivity contribution in [1.82, 2.24) is 14.5 Å². The Morgan fingerprint density at radius 2 is 2.14 bits per heavy atom. The second-order valence-corrected chi connectivity index (χ2v) is 5.21. The minimum absolute atomic E-state index is 0.0240. The molecule has 0 fully saturated rings. The lowest BCUT2D eigenvalue weighted by Crippen LogP contribution is -2.03. The molecule has 0 saturated heterocycles. The smallest absolute Gasteiger partial charge is 0.222 e. The lowest BCUT2D eigenvalue weighted by molar-refractivity contribution is 0.281. The number of aliphatic hydroxyl groups is 1. The third-order valence-corrected chi connectivity index (χ3v) is 3.72. The van der Waals surface area contributed by atoms with E-state index in [1.165, 1.54) is 0 Å². The minimum Gasteiger partial charge on any atom is -0.496 e. The maximum absolute atomic E-state index is 9.30. The van der Waals surface area contributed by atoms with Crippen LogP contribution in [0.25, 0.3) is 11.0 Å². The Bertz CT molecular complexity index is 832. The van der Waals surface area contributed by atoms with Crippen LogP contribution in [0.5, 0.6) is 5.75 Å². The number of methoxy groups -OCH3 is 1. The first-order valence-corrected chi connectivity index (χ1v) is 7.04. The Balaban J connectivity index is 2.07. The summed E-state index contributed by atoms with van der Waals surface area (Å²) in [6.07, 6.45) is 1.87. The van der Waals surface area contributed by atoms with Crippen molar-refractivity contribution in [3.8, 4) is 5.75 Å². The van der Waals surface area contributed by atoms with E-state index < -0.39 is 0 Å². The van der Waals surface area contributed by atoms with Gasteiger partial charge in [0.1, 0.15) is 11.3 Å². The number of fused-ring (bicyclic) bond motifs is 1. The lowest BCUT2D eigenvalue weighted by atomic mass is 10.1. The van der Waals surface area contributed by atoms with E-state index in [1.807, 2.05) is 35.0 Å². The van der Waals surface area contributed by atoms with Crippen molar-refractivity contribution in [2.75, 3.05) is 12.8 Å². The number of nitrogens with zero attached hydrogens (tertiary/aromatic N) is 3. The summed E-state index contributed by atoms with van der Waals surface area (Å²) in [5.41, 5.74) is 8.76. The Morgan fingerprint density at radius 3 is 2.86 bits per heavy atom. The summed E-state index contributed by atoms with van der Waals surface area (Å²) >= 11 is 6.18. The zero-order chi connectivity index (χ0) is 15.7. The molecule has 1 aromatic carbocycles. The highest BCUT2D eigenvalue weighted by molar-refractivity contribution is 6.33. The number of ether oxygens (including phenoxy) is 1. The molecule has 0 unspecified atom stereocenters. The largest absolute Gasteiger partial charge is 0.496 e. The van der Waals surface area contributed by atoms with E-state index in [0.29, 0.717) is 22.7 Å². The first-order valence-electron chi connectivity index (χ1n) is 6.67. The Morgan fingerprint density at radius 1 is 1.32 bits per heavy atom. The molecule has 0 saturated carbocycles. The van der Waals surface area contributed by atoms with Gasteiger partial charge in [-0.2, -0.15) is 4.98 Å². The molecule has 0 spiro atoms. The monoisotopic (exact) mass is 318 g/mol. The zero-order valence-corrected chi connectivity index (χ0v) is 12.7. The van der Waals surface area contributed by atoms with Gasteiger partial charge in [-0.1, -0.05) is 17.7 Å². The van der Waals surface area contributed by atoms with Gasteiger partial charge in [-0.25, -0.2) is 4.98 Å². The number of aliphatic hydroxyl groups excluding tert-OH is 1. The van der Waals surface area contributed by atoms with Gasteiger partial charge in [0.2, 0.25) is 5.95 Å². The average Bonchev–Trinajstić information content (AvgIpc) is 2.90. The molecule has 114 valence electrons. The van der Waals surface area contributed by atoms with Crippen molar-refractivity contribution in [2.24, 2.45) is 0 Å². The second-order valence-electron chi connectivity index (χ2n) is 4.85. The van der Waals surface area contributed by atoms with Gasteiger partial charge in [-0.05, 0) is 23.8 Å². The number of rotatable bonds is 4. The van der Waals surface area contributed by atoms with Crippen LogP contribution in [0.4, 0.5) is 5.95 Å². The predicted octanol–water partition coefficient (Wildman–Crippen LogP) is 2.22. The molecule has 3 aromatic rings. The highest BCUT2D eigenvalue weighted by Crippen LogP contribution is 2.26. The van der Waals surface area contributed by atoms with E-state index >= 15 is 0 Å². The molecule has 3 N–H and O–H groups in total. The van der Waals surface area contributed by atoms with Gasteiger partial charge in [0.25, 0.3) is 0 Å². The van der Waals surface area contributed by atoms with Crippen molar-refractivity contribution in [3.05, 3.63) is 46.7 Å². The normalized spacial score (nSPS) is 11.0. The van der Waals surface area contributed by atoms with Crippen LogP contribution in [0.2, 0.25) is 5.15 Å². The van der Waals surface area contributed by atoms with Crippen LogP contribution in [-0.4, -0.2) is 26.8 Å². The first-order chi connectivity index (χ1) is 10.6. The molecule has 22 heavy (non-hydrogen) atoms. The summed E-state index contributed by atoms with van der Waals surface area (Å²) in [5, 5.41) is 9.61. The van der Waals surface area contributed by atoms with Crippen LogP contribution in [0, 0.1) is 0 Å². The number of aromatic nitrogens is 3. The van der Waals surface area contributed by atoms with E-state index in [9.17, 15) is 5.11 Å². The number of halogens is 1. The fraction of sp³-hybridized carbons (Fsp3) is 0.200. The summed E-state index contributed by atoms with van der Waals surface area (Å²) < 4.78 is 7.30. The molecule has 0 radical (unpaired) electrons. The molecule has 0 atom stereocenters. The van der Waals surface area contributed by atoms with E-state index in [4.69, 9.17) is 22.1 Å². The Labute approximate surface area is 132 Å². The van der Waals surface area contributed by atoms with E-state index in [0.717, 1.165) is 16.9 Å². The molecule has 3 rings (SSSR count). The number of hydrogen-bond donors (Lipinski definition) is 2. The van der Waals surface area contributed by atoms with Crippen LogP contribution < -0.4 is 10.5 Å². The van der Waals surface area contributed by atoms with Crippen LogP contribution in [0.1, 0.15) is 11.1 Å². The van der Waals surface area contributed by atoms with Crippen LogP contribution in [0.3, 0.4) is 0 Å². The molecular formula is C15H15ClN4O2. The molecule has 0 amide bonds. The van der Waals surface area contributed by atoms with E-state index in [-0.39, 0.29) is 12.6 Å². The Hall–Kier alpha value is -2.31. The molecule has 6 nitrogen and oxygen atoms in total. The van der Waals surface area contributed by atoms with Crippen molar-refractivity contribution < 1.29 is 9.84 Å². The highest BCUT2D eigenvalue weighted by Gasteiger charge is 2.12. The minimum atomic E-state index is -0.0240. The van der Waals surface area contributed by atoms with Crippen molar-refractivity contribution in [3.63, 3.8) is 0 Å². The molecule has 0 aliphatic heterocycles. The topological polar surface area (TPSA) is 86.2 Å². The highest BCUT2D eigenvalue weighted by atomic mass is 35.5. The van der Waals surface area contributed by atoms with E-state index in [2.05, 4.69) is 9.97 Å².